The Morgan fingerprint density at radius 3 is 2.45 bits per heavy atom. The summed E-state index contributed by atoms with van der Waals surface area (Å²) in [5.41, 5.74) is 4.36. The van der Waals surface area contributed by atoms with Gasteiger partial charge < -0.3 is 19.4 Å². The molecule has 1 N–H and O–H groups in total. The van der Waals surface area contributed by atoms with E-state index in [9.17, 15) is 0 Å². The Kier molecular flexibility index (Phi) is 6.57. The van der Waals surface area contributed by atoms with Gasteiger partial charge >= 0.3 is 0 Å². The van der Waals surface area contributed by atoms with Crippen LogP contribution in [0.15, 0.2) is 83.5 Å². The van der Waals surface area contributed by atoms with Crippen LogP contribution in [0.5, 0.6) is 11.5 Å². The van der Waals surface area contributed by atoms with Crippen LogP contribution in [-0.4, -0.2) is 16.7 Å². The van der Waals surface area contributed by atoms with Gasteiger partial charge in [0.1, 0.15) is 6.61 Å². The van der Waals surface area contributed by atoms with E-state index in [1.807, 2.05) is 73.9 Å². The summed E-state index contributed by atoms with van der Waals surface area (Å²) >= 11 is 3.48. The number of imidazole rings is 1. The van der Waals surface area contributed by atoms with E-state index in [2.05, 4.69) is 42.9 Å². The molecule has 1 heterocycles. The second kappa shape index (κ2) is 9.71. The summed E-state index contributed by atoms with van der Waals surface area (Å²) in [6.45, 7) is 1.11. The Morgan fingerprint density at radius 2 is 1.71 bits per heavy atom. The van der Waals surface area contributed by atoms with Gasteiger partial charge in [0, 0.05) is 18.1 Å². The number of ether oxygens (including phenoxy) is 2. The topological polar surface area (TPSA) is 48.3 Å². The van der Waals surface area contributed by atoms with Crippen LogP contribution < -0.4 is 14.8 Å². The lowest BCUT2D eigenvalue weighted by Crippen LogP contribution is -2.06. The fourth-order valence-corrected chi connectivity index (χ4v) is 3.59. The Labute approximate surface area is 190 Å². The van der Waals surface area contributed by atoms with Crippen molar-refractivity contribution in [1.29, 1.82) is 0 Å². The Morgan fingerprint density at radius 1 is 0.935 bits per heavy atom. The van der Waals surface area contributed by atoms with E-state index >= 15 is 0 Å². The van der Waals surface area contributed by atoms with E-state index in [1.165, 1.54) is 0 Å². The summed E-state index contributed by atoms with van der Waals surface area (Å²) in [6, 6.07) is 24.3. The molecule has 0 radical (unpaired) electrons. The van der Waals surface area contributed by atoms with Crippen LogP contribution in [0.25, 0.3) is 11.3 Å². The van der Waals surface area contributed by atoms with E-state index < -0.39 is 0 Å². The zero-order valence-corrected chi connectivity index (χ0v) is 19.1. The number of aromatic nitrogens is 2. The Balaban J connectivity index is 1.45. The largest absolute Gasteiger partial charge is 0.493 e. The molecule has 0 spiro atoms. The molecule has 3 aromatic carbocycles. The first-order valence-corrected chi connectivity index (χ1v) is 10.8. The summed E-state index contributed by atoms with van der Waals surface area (Å²) in [4.78, 5) is 4.55. The number of methoxy groups -OCH3 is 1. The molecule has 0 aliphatic heterocycles. The number of hydrogen-bond donors (Lipinski definition) is 1. The highest BCUT2D eigenvalue weighted by Gasteiger charge is 2.10. The summed E-state index contributed by atoms with van der Waals surface area (Å²) in [5, 5.41) is 3.42. The molecule has 0 aliphatic carbocycles. The van der Waals surface area contributed by atoms with Crippen LogP contribution in [-0.2, 0) is 20.2 Å². The lowest BCUT2D eigenvalue weighted by molar-refractivity contribution is 0.284. The van der Waals surface area contributed by atoms with Crippen molar-refractivity contribution in [2.24, 2.45) is 7.05 Å². The molecule has 4 aromatic rings. The molecule has 0 bridgehead atoms. The Bertz CT molecular complexity index is 1140. The molecule has 0 saturated heterocycles. The number of halogens is 1. The van der Waals surface area contributed by atoms with E-state index in [1.54, 1.807) is 7.11 Å². The number of hydrogen-bond acceptors (Lipinski definition) is 4. The average molecular weight is 478 g/mol. The predicted octanol–water partition coefficient (Wildman–Crippen LogP) is 6.05. The highest BCUT2D eigenvalue weighted by molar-refractivity contribution is 9.10. The third-order valence-electron chi connectivity index (χ3n) is 5.04. The molecular formula is C25H24BrN3O2. The SMILES string of the molecule is COc1ccc(CNc2ncc(-c3ccc(Br)cc3)n2C)cc1OCc1ccccc1. The van der Waals surface area contributed by atoms with Crippen LogP contribution in [0.2, 0.25) is 0 Å². The van der Waals surface area contributed by atoms with Gasteiger partial charge in [0.2, 0.25) is 5.95 Å². The van der Waals surface area contributed by atoms with E-state index in [-0.39, 0.29) is 0 Å². The summed E-state index contributed by atoms with van der Waals surface area (Å²) < 4.78 is 14.6. The molecule has 0 saturated carbocycles. The number of nitrogens with zero attached hydrogens (tertiary/aromatic N) is 2. The van der Waals surface area contributed by atoms with Crippen molar-refractivity contribution in [3.8, 4) is 22.8 Å². The second-order valence-corrected chi connectivity index (χ2v) is 8.06. The minimum atomic E-state index is 0.490. The molecular weight excluding hydrogens is 454 g/mol. The maximum absolute atomic E-state index is 6.02. The van der Waals surface area contributed by atoms with Crippen molar-refractivity contribution in [1.82, 2.24) is 9.55 Å². The van der Waals surface area contributed by atoms with Crippen molar-refractivity contribution in [3.63, 3.8) is 0 Å². The van der Waals surface area contributed by atoms with Crippen molar-refractivity contribution < 1.29 is 9.47 Å². The third-order valence-corrected chi connectivity index (χ3v) is 5.57. The summed E-state index contributed by atoms with van der Waals surface area (Å²) in [5.74, 6) is 2.25. The lowest BCUT2D eigenvalue weighted by atomic mass is 10.2. The summed E-state index contributed by atoms with van der Waals surface area (Å²) in [7, 11) is 3.66. The van der Waals surface area contributed by atoms with Gasteiger partial charge in [0.05, 0.1) is 19.0 Å². The molecule has 0 aliphatic rings. The molecule has 6 heteroatoms. The average Bonchev–Trinajstić information content (AvgIpc) is 3.17. The van der Waals surface area contributed by atoms with Crippen molar-refractivity contribution in [2.45, 2.75) is 13.2 Å². The zero-order chi connectivity index (χ0) is 21.6. The molecule has 5 nitrogen and oxygen atoms in total. The standard InChI is InChI=1S/C25H24BrN3O2/c1-29-22(20-9-11-21(26)12-10-20)16-28-25(29)27-15-19-8-13-23(30-2)24(14-19)31-17-18-6-4-3-5-7-18/h3-14,16H,15,17H2,1-2H3,(H,27,28). The first kappa shape index (κ1) is 21.0. The van der Waals surface area contributed by atoms with E-state index in [0.717, 1.165) is 38.6 Å². The smallest absolute Gasteiger partial charge is 0.203 e. The van der Waals surface area contributed by atoms with Gasteiger partial charge in [0.15, 0.2) is 11.5 Å². The fraction of sp³-hybridized carbons (Fsp3) is 0.160. The van der Waals surface area contributed by atoms with Crippen LogP contribution in [0.4, 0.5) is 5.95 Å². The quantitative estimate of drug-likeness (QED) is 0.335. The molecule has 0 fully saturated rings. The third kappa shape index (κ3) is 5.09. The van der Waals surface area contributed by atoms with Gasteiger partial charge in [-0.2, -0.15) is 0 Å². The van der Waals surface area contributed by atoms with Crippen LogP contribution in [0.1, 0.15) is 11.1 Å². The molecule has 158 valence electrons. The molecule has 31 heavy (non-hydrogen) atoms. The minimum absolute atomic E-state index is 0.490. The lowest BCUT2D eigenvalue weighted by Gasteiger charge is -2.13. The maximum atomic E-state index is 6.02. The van der Waals surface area contributed by atoms with Gasteiger partial charge in [-0.15, -0.1) is 0 Å². The highest BCUT2D eigenvalue weighted by atomic mass is 79.9. The van der Waals surface area contributed by atoms with Crippen molar-refractivity contribution >= 4 is 21.9 Å². The molecule has 0 amide bonds. The van der Waals surface area contributed by atoms with Gasteiger partial charge in [-0.1, -0.05) is 64.5 Å². The number of nitrogens with one attached hydrogen (secondary N) is 1. The number of rotatable bonds is 8. The maximum Gasteiger partial charge on any atom is 0.203 e. The fourth-order valence-electron chi connectivity index (χ4n) is 3.32. The number of anilines is 1. The Hall–Kier alpha value is -3.25. The van der Waals surface area contributed by atoms with Gasteiger partial charge in [-0.3, -0.25) is 0 Å². The van der Waals surface area contributed by atoms with Crippen LogP contribution in [0, 0.1) is 0 Å². The van der Waals surface area contributed by atoms with E-state index in [0.29, 0.717) is 18.9 Å². The first-order chi connectivity index (χ1) is 15.1. The normalized spacial score (nSPS) is 10.7. The van der Waals surface area contributed by atoms with Crippen LogP contribution >= 0.6 is 15.9 Å². The van der Waals surface area contributed by atoms with Gasteiger partial charge in [-0.25, -0.2) is 4.98 Å². The van der Waals surface area contributed by atoms with Crippen molar-refractivity contribution in [2.75, 3.05) is 12.4 Å². The predicted molar refractivity (Wildman–Crippen MR) is 127 cm³/mol. The second-order valence-electron chi connectivity index (χ2n) is 7.15. The molecule has 4 rings (SSSR count). The molecule has 0 atom stereocenters. The minimum Gasteiger partial charge on any atom is -0.493 e. The molecule has 1 aromatic heterocycles. The van der Waals surface area contributed by atoms with E-state index in [4.69, 9.17) is 9.47 Å². The zero-order valence-electron chi connectivity index (χ0n) is 17.5. The van der Waals surface area contributed by atoms with Crippen LogP contribution in [0.3, 0.4) is 0 Å². The number of benzene rings is 3. The van der Waals surface area contributed by atoms with Gasteiger partial charge in [0.25, 0.3) is 0 Å². The molecule has 0 unspecified atom stereocenters. The summed E-state index contributed by atoms with van der Waals surface area (Å²) in [6.07, 6.45) is 1.88. The van der Waals surface area contributed by atoms with Gasteiger partial charge in [-0.05, 0) is 41.0 Å². The monoisotopic (exact) mass is 477 g/mol. The van der Waals surface area contributed by atoms with Crippen molar-refractivity contribution in [3.05, 3.63) is 94.6 Å². The first-order valence-electron chi connectivity index (χ1n) is 9.99. The highest BCUT2D eigenvalue weighted by Crippen LogP contribution is 2.29.